The summed E-state index contributed by atoms with van der Waals surface area (Å²) in [6, 6.07) is 11.7. The maximum Gasteiger partial charge on any atom is 0.165 e. The first-order chi connectivity index (χ1) is 10.2. The lowest BCUT2D eigenvalue weighted by atomic mass is 10.2. The highest BCUT2D eigenvalue weighted by Gasteiger charge is 2.11. The van der Waals surface area contributed by atoms with Gasteiger partial charge in [-0.1, -0.05) is 44.0 Å². The maximum atomic E-state index is 5.98. The van der Waals surface area contributed by atoms with Gasteiger partial charge in [-0.05, 0) is 24.3 Å². The van der Waals surface area contributed by atoms with Crippen molar-refractivity contribution in [1.29, 1.82) is 0 Å². The number of para-hydroxylation sites is 1. The van der Waals surface area contributed by atoms with Crippen LogP contribution in [0.1, 0.15) is 11.1 Å². The summed E-state index contributed by atoms with van der Waals surface area (Å²) in [4.78, 5) is 0. The highest BCUT2D eigenvalue weighted by molar-refractivity contribution is 9.10. The van der Waals surface area contributed by atoms with Gasteiger partial charge in [-0.15, -0.1) is 0 Å². The van der Waals surface area contributed by atoms with Crippen LogP contribution in [0.15, 0.2) is 40.9 Å². The van der Waals surface area contributed by atoms with Gasteiger partial charge in [0, 0.05) is 20.9 Å². The largest absolute Gasteiger partial charge is 0.497 e. The van der Waals surface area contributed by atoms with Crippen molar-refractivity contribution in [3.63, 3.8) is 0 Å². The lowest BCUT2D eigenvalue weighted by Crippen LogP contribution is -2.01. The fraction of sp³-hybridized carbons (Fsp3) is 0.250. The molecule has 2 aromatic carbocycles. The summed E-state index contributed by atoms with van der Waals surface area (Å²) in [7, 11) is 3.29. The molecule has 0 amide bonds. The third-order valence-electron chi connectivity index (χ3n) is 3.05. The molecule has 3 nitrogen and oxygen atoms in total. The van der Waals surface area contributed by atoms with Crippen molar-refractivity contribution in [1.82, 2.24) is 0 Å². The van der Waals surface area contributed by atoms with Crippen molar-refractivity contribution < 1.29 is 14.2 Å². The molecule has 0 saturated carbocycles. The zero-order valence-electron chi connectivity index (χ0n) is 11.9. The molecule has 2 aromatic rings. The van der Waals surface area contributed by atoms with E-state index in [-0.39, 0.29) is 0 Å². The molecular weight excluding hydrogens is 400 g/mol. The van der Waals surface area contributed by atoms with Gasteiger partial charge >= 0.3 is 0 Å². The molecule has 0 aliphatic carbocycles. The molecule has 0 aliphatic heterocycles. The van der Waals surface area contributed by atoms with Gasteiger partial charge in [0.15, 0.2) is 11.5 Å². The van der Waals surface area contributed by atoms with E-state index in [1.54, 1.807) is 14.2 Å². The summed E-state index contributed by atoms with van der Waals surface area (Å²) in [5.41, 5.74) is 2.06. The lowest BCUT2D eigenvalue weighted by Gasteiger charge is -2.15. The minimum absolute atomic E-state index is 0.429. The van der Waals surface area contributed by atoms with Crippen molar-refractivity contribution in [3.8, 4) is 17.2 Å². The normalized spacial score (nSPS) is 10.3. The van der Waals surface area contributed by atoms with E-state index in [1.807, 2.05) is 36.4 Å². The Kier molecular flexibility index (Phi) is 5.94. The fourth-order valence-electron chi connectivity index (χ4n) is 1.93. The van der Waals surface area contributed by atoms with Crippen LogP contribution in [0, 0.1) is 0 Å². The molecule has 0 N–H and O–H groups in total. The van der Waals surface area contributed by atoms with E-state index in [0.717, 1.165) is 32.8 Å². The number of halogens is 2. The van der Waals surface area contributed by atoms with E-state index < -0.39 is 0 Å². The van der Waals surface area contributed by atoms with Gasteiger partial charge < -0.3 is 14.2 Å². The van der Waals surface area contributed by atoms with Gasteiger partial charge in [0.05, 0.1) is 14.2 Å². The number of rotatable bonds is 6. The number of alkyl halides is 1. The maximum absolute atomic E-state index is 5.98. The summed E-state index contributed by atoms with van der Waals surface area (Å²) >= 11 is 7.00. The van der Waals surface area contributed by atoms with Crippen LogP contribution in [0.2, 0.25) is 0 Å². The molecule has 0 bridgehead atoms. The SMILES string of the molecule is COc1ccc(Br)c(COc2c(CBr)cccc2OC)c1. The number of ether oxygens (including phenoxy) is 3. The predicted octanol–water partition coefficient (Wildman–Crippen LogP) is 4.94. The molecule has 112 valence electrons. The van der Waals surface area contributed by atoms with E-state index >= 15 is 0 Å². The van der Waals surface area contributed by atoms with Gasteiger partial charge in [-0.2, -0.15) is 0 Å². The first-order valence-electron chi connectivity index (χ1n) is 6.36. The average Bonchev–Trinajstić information content (AvgIpc) is 2.53. The Morgan fingerprint density at radius 1 is 1.00 bits per heavy atom. The molecule has 0 aliphatic rings. The van der Waals surface area contributed by atoms with Gasteiger partial charge in [0.1, 0.15) is 12.4 Å². The van der Waals surface area contributed by atoms with Gasteiger partial charge in [0.25, 0.3) is 0 Å². The average molecular weight is 416 g/mol. The van der Waals surface area contributed by atoms with Crippen LogP contribution in [0.25, 0.3) is 0 Å². The number of hydrogen-bond acceptors (Lipinski definition) is 3. The van der Waals surface area contributed by atoms with Gasteiger partial charge in [0.2, 0.25) is 0 Å². The van der Waals surface area contributed by atoms with E-state index in [1.165, 1.54) is 0 Å². The number of methoxy groups -OCH3 is 2. The molecule has 21 heavy (non-hydrogen) atoms. The highest BCUT2D eigenvalue weighted by atomic mass is 79.9. The Hall–Kier alpha value is -1.20. The Labute approximate surface area is 141 Å². The van der Waals surface area contributed by atoms with Crippen LogP contribution >= 0.6 is 31.9 Å². The lowest BCUT2D eigenvalue weighted by molar-refractivity contribution is 0.281. The van der Waals surface area contributed by atoms with E-state index in [4.69, 9.17) is 14.2 Å². The predicted molar refractivity (Wildman–Crippen MR) is 90.7 cm³/mol. The van der Waals surface area contributed by atoms with Crippen molar-refractivity contribution in [2.75, 3.05) is 14.2 Å². The van der Waals surface area contributed by atoms with Crippen LogP contribution in [-0.4, -0.2) is 14.2 Å². The summed E-state index contributed by atoms with van der Waals surface area (Å²) in [6.07, 6.45) is 0. The van der Waals surface area contributed by atoms with Crippen molar-refractivity contribution in [3.05, 3.63) is 52.0 Å². The van der Waals surface area contributed by atoms with Crippen molar-refractivity contribution >= 4 is 31.9 Å². The van der Waals surface area contributed by atoms with Crippen LogP contribution in [0.4, 0.5) is 0 Å². The highest BCUT2D eigenvalue weighted by Crippen LogP contribution is 2.34. The second kappa shape index (κ2) is 7.71. The minimum Gasteiger partial charge on any atom is -0.497 e. The van der Waals surface area contributed by atoms with Crippen molar-refractivity contribution in [2.24, 2.45) is 0 Å². The third-order valence-corrected chi connectivity index (χ3v) is 4.43. The van der Waals surface area contributed by atoms with Crippen LogP contribution in [0.5, 0.6) is 17.2 Å². The first-order valence-corrected chi connectivity index (χ1v) is 8.28. The quantitative estimate of drug-likeness (QED) is 0.625. The molecule has 0 heterocycles. The molecular formula is C16H16Br2O3. The second-order valence-corrected chi connectivity index (χ2v) is 5.74. The molecule has 0 radical (unpaired) electrons. The standard InChI is InChI=1S/C16H16Br2O3/c1-19-13-6-7-14(18)12(8-13)10-21-16-11(9-17)4-3-5-15(16)20-2/h3-8H,9-10H2,1-2H3. The zero-order valence-corrected chi connectivity index (χ0v) is 15.0. The summed E-state index contributed by atoms with van der Waals surface area (Å²) in [5.74, 6) is 2.29. The van der Waals surface area contributed by atoms with Gasteiger partial charge in [-0.25, -0.2) is 0 Å². The molecule has 0 unspecified atom stereocenters. The zero-order chi connectivity index (χ0) is 15.2. The van der Waals surface area contributed by atoms with E-state index in [9.17, 15) is 0 Å². The Bertz CT molecular complexity index is 592. The molecule has 2 rings (SSSR count). The molecule has 0 atom stereocenters. The summed E-state index contributed by atoms with van der Waals surface area (Å²) < 4.78 is 17.6. The van der Waals surface area contributed by atoms with Crippen molar-refractivity contribution in [2.45, 2.75) is 11.9 Å². The fourth-order valence-corrected chi connectivity index (χ4v) is 2.73. The Morgan fingerprint density at radius 2 is 1.81 bits per heavy atom. The molecule has 0 fully saturated rings. The molecule has 0 spiro atoms. The third kappa shape index (κ3) is 3.92. The van der Waals surface area contributed by atoms with Crippen LogP contribution in [-0.2, 0) is 11.9 Å². The van der Waals surface area contributed by atoms with E-state index in [2.05, 4.69) is 31.9 Å². The smallest absolute Gasteiger partial charge is 0.165 e. The number of benzene rings is 2. The molecule has 0 aromatic heterocycles. The van der Waals surface area contributed by atoms with E-state index in [0.29, 0.717) is 11.9 Å². The topological polar surface area (TPSA) is 27.7 Å². The number of hydrogen-bond donors (Lipinski definition) is 0. The second-order valence-electron chi connectivity index (χ2n) is 4.33. The minimum atomic E-state index is 0.429. The summed E-state index contributed by atoms with van der Waals surface area (Å²) in [6.45, 7) is 0.429. The van der Waals surface area contributed by atoms with Gasteiger partial charge in [-0.3, -0.25) is 0 Å². The monoisotopic (exact) mass is 414 g/mol. The first kappa shape index (κ1) is 16.2. The molecule has 0 saturated heterocycles. The summed E-state index contributed by atoms with van der Waals surface area (Å²) in [5, 5.41) is 0.707. The Balaban J connectivity index is 2.24. The van der Waals surface area contributed by atoms with Crippen LogP contribution in [0.3, 0.4) is 0 Å². The van der Waals surface area contributed by atoms with Crippen LogP contribution < -0.4 is 14.2 Å². The Morgan fingerprint density at radius 3 is 2.48 bits per heavy atom. The molecule has 5 heteroatoms.